The molecule has 0 aromatic rings. The number of aliphatic hydroxyl groups excluding tert-OH is 1. The van der Waals surface area contributed by atoms with Gasteiger partial charge in [-0.2, -0.15) is 0 Å². The van der Waals surface area contributed by atoms with Gasteiger partial charge in [-0.05, 0) is 31.6 Å². The monoisotopic (exact) mass is 266 g/mol. The number of ether oxygens (including phenoxy) is 1. The van der Waals surface area contributed by atoms with Crippen LogP contribution in [0.5, 0.6) is 0 Å². The third-order valence-electron chi connectivity index (χ3n) is 5.55. The first kappa shape index (κ1) is 13.1. The molecule has 0 radical (unpaired) electrons. The van der Waals surface area contributed by atoms with E-state index in [1.807, 2.05) is 0 Å². The molecular formula is C15H22O4. The van der Waals surface area contributed by atoms with Crippen LogP contribution in [-0.2, 0) is 9.53 Å². The van der Waals surface area contributed by atoms with Crippen LogP contribution in [0.15, 0.2) is 12.2 Å². The van der Waals surface area contributed by atoms with Gasteiger partial charge in [0.15, 0.2) is 0 Å². The number of hydrogen-bond acceptors (Lipinski definition) is 4. The molecule has 0 aromatic heterocycles. The third kappa shape index (κ3) is 1.69. The van der Waals surface area contributed by atoms with Gasteiger partial charge in [0.2, 0.25) is 0 Å². The topological polar surface area (TPSA) is 66.8 Å². The molecule has 0 spiro atoms. The van der Waals surface area contributed by atoms with E-state index in [1.165, 1.54) is 0 Å². The van der Waals surface area contributed by atoms with Gasteiger partial charge in [0.25, 0.3) is 0 Å². The average Bonchev–Trinajstić information content (AvgIpc) is 2.51. The van der Waals surface area contributed by atoms with Gasteiger partial charge >= 0.3 is 5.97 Å². The van der Waals surface area contributed by atoms with Crippen molar-refractivity contribution in [1.82, 2.24) is 0 Å². The Bertz CT molecular complexity index is 441. The maximum Gasteiger partial charge on any atom is 0.334 e. The number of esters is 1. The lowest BCUT2D eigenvalue weighted by molar-refractivity contribution is -0.194. The summed E-state index contributed by atoms with van der Waals surface area (Å²) in [6.45, 7) is 7.66. The second-order valence-corrected chi connectivity index (χ2v) is 7.03. The highest BCUT2D eigenvalue weighted by Gasteiger charge is 2.61. The number of aliphatic hydroxyl groups is 2. The molecule has 3 aliphatic rings. The average molecular weight is 266 g/mol. The first-order valence-corrected chi connectivity index (χ1v) is 7.06. The van der Waals surface area contributed by atoms with E-state index in [9.17, 15) is 15.0 Å². The summed E-state index contributed by atoms with van der Waals surface area (Å²) >= 11 is 0. The van der Waals surface area contributed by atoms with Crippen molar-refractivity contribution < 1.29 is 19.7 Å². The summed E-state index contributed by atoms with van der Waals surface area (Å²) < 4.78 is 5.35. The SMILES string of the molecule is C=C1C(=O)O[C@@H]2C[C@@]3(C)CCC[C@@](C)(O)C3[C@@H](O)[C@H]12. The molecule has 3 rings (SSSR count). The van der Waals surface area contributed by atoms with Crippen molar-refractivity contribution in [2.24, 2.45) is 17.3 Å². The number of carbonyl (C=O) groups excluding carboxylic acids is 1. The number of rotatable bonds is 0. The summed E-state index contributed by atoms with van der Waals surface area (Å²) in [5.41, 5.74) is -0.697. The van der Waals surface area contributed by atoms with E-state index in [-0.39, 0.29) is 23.4 Å². The predicted octanol–water partition coefficient (Wildman–Crippen LogP) is 1.41. The molecule has 2 saturated carbocycles. The molecule has 1 saturated heterocycles. The summed E-state index contributed by atoms with van der Waals surface area (Å²) in [5.74, 6) is -0.965. The van der Waals surface area contributed by atoms with E-state index < -0.39 is 17.7 Å². The number of carbonyl (C=O) groups is 1. The van der Waals surface area contributed by atoms with Gasteiger partial charge in [0.05, 0.1) is 17.6 Å². The highest BCUT2D eigenvalue weighted by Crippen LogP contribution is 2.58. The van der Waals surface area contributed by atoms with Gasteiger partial charge in [-0.3, -0.25) is 0 Å². The minimum atomic E-state index is -0.886. The van der Waals surface area contributed by atoms with Crippen molar-refractivity contribution in [3.05, 3.63) is 12.2 Å². The Balaban J connectivity index is 2.01. The zero-order chi connectivity index (χ0) is 14.0. The molecule has 1 heterocycles. The lowest BCUT2D eigenvalue weighted by Gasteiger charge is -2.56. The second kappa shape index (κ2) is 3.83. The largest absolute Gasteiger partial charge is 0.458 e. The summed E-state index contributed by atoms with van der Waals surface area (Å²) in [5, 5.41) is 21.4. The Morgan fingerprint density at radius 1 is 1.37 bits per heavy atom. The number of fused-ring (bicyclic) bond motifs is 2. The summed E-state index contributed by atoms with van der Waals surface area (Å²) in [7, 11) is 0. The van der Waals surface area contributed by atoms with Crippen LogP contribution in [0.25, 0.3) is 0 Å². The maximum atomic E-state index is 11.7. The van der Waals surface area contributed by atoms with Crippen LogP contribution in [-0.4, -0.2) is 34.0 Å². The first-order chi connectivity index (χ1) is 8.76. The lowest BCUT2D eigenvalue weighted by Crippen LogP contribution is -2.60. The van der Waals surface area contributed by atoms with Crippen LogP contribution >= 0.6 is 0 Å². The fourth-order valence-electron chi connectivity index (χ4n) is 4.83. The van der Waals surface area contributed by atoms with Crippen molar-refractivity contribution in [3.63, 3.8) is 0 Å². The molecule has 3 fully saturated rings. The van der Waals surface area contributed by atoms with Crippen LogP contribution in [0, 0.1) is 17.3 Å². The molecule has 1 unspecified atom stereocenters. The minimum absolute atomic E-state index is 0.173. The highest BCUT2D eigenvalue weighted by molar-refractivity contribution is 5.91. The van der Waals surface area contributed by atoms with Crippen LogP contribution < -0.4 is 0 Å². The third-order valence-corrected chi connectivity index (χ3v) is 5.55. The Morgan fingerprint density at radius 3 is 2.74 bits per heavy atom. The van der Waals surface area contributed by atoms with Crippen LogP contribution in [0.4, 0.5) is 0 Å². The van der Waals surface area contributed by atoms with Gasteiger partial charge in [-0.25, -0.2) is 4.79 Å². The molecule has 2 N–H and O–H groups in total. The summed E-state index contributed by atoms with van der Waals surface area (Å²) in [6.07, 6.45) is 2.28. The van der Waals surface area contributed by atoms with Crippen LogP contribution in [0.1, 0.15) is 39.5 Å². The van der Waals surface area contributed by atoms with Gasteiger partial charge in [-0.15, -0.1) is 0 Å². The number of hydrogen-bond donors (Lipinski definition) is 2. The van der Waals surface area contributed by atoms with Crippen molar-refractivity contribution in [3.8, 4) is 0 Å². The minimum Gasteiger partial charge on any atom is -0.458 e. The second-order valence-electron chi connectivity index (χ2n) is 7.03. The van der Waals surface area contributed by atoms with Crippen molar-refractivity contribution >= 4 is 5.97 Å². The van der Waals surface area contributed by atoms with E-state index in [1.54, 1.807) is 6.92 Å². The molecule has 19 heavy (non-hydrogen) atoms. The van der Waals surface area contributed by atoms with E-state index >= 15 is 0 Å². The first-order valence-electron chi connectivity index (χ1n) is 7.06. The van der Waals surface area contributed by atoms with Crippen molar-refractivity contribution in [1.29, 1.82) is 0 Å². The Kier molecular flexibility index (Phi) is 2.64. The van der Waals surface area contributed by atoms with E-state index in [2.05, 4.69) is 13.5 Å². The molecule has 0 bridgehead atoms. The molecule has 6 atom stereocenters. The van der Waals surface area contributed by atoms with E-state index in [0.717, 1.165) is 12.8 Å². The molecule has 106 valence electrons. The summed E-state index contributed by atoms with van der Waals surface area (Å²) in [4.78, 5) is 11.7. The van der Waals surface area contributed by atoms with E-state index in [4.69, 9.17) is 4.74 Å². The fraction of sp³-hybridized carbons (Fsp3) is 0.800. The molecule has 2 aliphatic carbocycles. The Morgan fingerprint density at radius 2 is 2.05 bits per heavy atom. The molecule has 4 nitrogen and oxygen atoms in total. The normalized spacial score (nSPS) is 53.5. The van der Waals surface area contributed by atoms with E-state index in [0.29, 0.717) is 18.4 Å². The quantitative estimate of drug-likeness (QED) is 0.514. The molecule has 1 aliphatic heterocycles. The molecule has 4 heteroatoms. The lowest BCUT2D eigenvalue weighted by atomic mass is 9.51. The highest BCUT2D eigenvalue weighted by atomic mass is 16.6. The van der Waals surface area contributed by atoms with Crippen molar-refractivity contribution in [2.45, 2.75) is 57.3 Å². The summed E-state index contributed by atoms with van der Waals surface area (Å²) in [6, 6.07) is 0. The van der Waals surface area contributed by atoms with Crippen LogP contribution in [0.2, 0.25) is 0 Å². The Labute approximate surface area is 113 Å². The standard InChI is InChI=1S/C15H22O4/c1-8-10-9(19-13(8)17)7-14(2)5-4-6-15(3,18)12(14)11(10)16/h9-12,16,18H,1,4-7H2,2-3H3/t9-,10-,11+,12?,14-,15-/m1/s1. The van der Waals surface area contributed by atoms with Gasteiger partial charge in [0.1, 0.15) is 6.10 Å². The maximum absolute atomic E-state index is 11.7. The molecule has 0 aromatic carbocycles. The zero-order valence-electron chi connectivity index (χ0n) is 11.6. The van der Waals surface area contributed by atoms with Crippen LogP contribution in [0.3, 0.4) is 0 Å². The van der Waals surface area contributed by atoms with Crippen molar-refractivity contribution in [2.75, 3.05) is 0 Å². The fourth-order valence-corrected chi connectivity index (χ4v) is 4.83. The molecule has 0 amide bonds. The zero-order valence-corrected chi connectivity index (χ0v) is 11.6. The molecular weight excluding hydrogens is 244 g/mol. The predicted molar refractivity (Wildman–Crippen MR) is 69.2 cm³/mol. The van der Waals surface area contributed by atoms with Gasteiger partial charge in [-0.1, -0.05) is 19.9 Å². The van der Waals surface area contributed by atoms with Gasteiger partial charge in [0, 0.05) is 11.5 Å². The Hall–Kier alpha value is -0.870. The van der Waals surface area contributed by atoms with Gasteiger partial charge < -0.3 is 14.9 Å². The smallest absolute Gasteiger partial charge is 0.334 e.